The van der Waals surface area contributed by atoms with Gasteiger partial charge < -0.3 is 10.8 Å². The highest BCUT2D eigenvalue weighted by Gasteiger charge is 2.18. The predicted molar refractivity (Wildman–Crippen MR) is 65.6 cm³/mol. The summed E-state index contributed by atoms with van der Waals surface area (Å²) in [5.74, 6) is -1.34. The van der Waals surface area contributed by atoms with Crippen LogP contribution in [-0.4, -0.2) is 24.7 Å². The van der Waals surface area contributed by atoms with Gasteiger partial charge >= 0.3 is 5.97 Å². The first kappa shape index (κ1) is 13.5. The first-order chi connectivity index (χ1) is 7.74. The van der Waals surface area contributed by atoms with Gasteiger partial charge in [-0.3, -0.25) is 0 Å². The summed E-state index contributed by atoms with van der Waals surface area (Å²) in [4.78, 5) is 10.8. The quantitative estimate of drug-likeness (QED) is 0.792. The molecule has 0 fully saturated rings. The molecule has 0 heterocycles. The van der Waals surface area contributed by atoms with Gasteiger partial charge in [-0.2, -0.15) is 0 Å². The number of sulfone groups is 1. The van der Waals surface area contributed by atoms with Crippen LogP contribution in [0.3, 0.4) is 0 Å². The van der Waals surface area contributed by atoms with Gasteiger partial charge in [-0.1, -0.05) is 6.07 Å². The molecule has 0 spiro atoms. The Bertz CT molecular complexity index is 534. The summed E-state index contributed by atoms with van der Waals surface area (Å²) in [5, 5.41) is 8.38. The van der Waals surface area contributed by atoms with Crippen LogP contribution in [-0.2, 0) is 15.6 Å². The molecule has 0 bridgehead atoms. The van der Waals surface area contributed by atoms with E-state index in [0.717, 1.165) is 0 Å². The second kappa shape index (κ2) is 4.75. The van der Waals surface area contributed by atoms with Gasteiger partial charge in [0.2, 0.25) is 0 Å². The highest BCUT2D eigenvalue weighted by molar-refractivity contribution is 7.91. The van der Waals surface area contributed by atoms with Crippen molar-refractivity contribution in [3.8, 4) is 0 Å². The van der Waals surface area contributed by atoms with Crippen molar-refractivity contribution in [3.05, 3.63) is 29.3 Å². The predicted octanol–water partition coefficient (Wildman–Crippen LogP) is 1.29. The first-order valence-corrected chi connectivity index (χ1v) is 6.79. The van der Waals surface area contributed by atoms with E-state index in [0.29, 0.717) is 5.56 Å². The number of nitrogens with two attached hydrogens (primary N) is 1. The molecular formula is C11H15NO4S. The zero-order valence-electron chi connectivity index (χ0n) is 9.67. The molecule has 17 heavy (non-hydrogen) atoms. The van der Waals surface area contributed by atoms with Gasteiger partial charge in [0.1, 0.15) is 0 Å². The summed E-state index contributed by atoms with van der Waals surface area (Å²) in [6, 6.07) is 4.24. The topological polar surface area (TPSA) is 97.5 Å². The third-order valence-corrected chi connectivity index (χ3v) is 4.61. The lowest BCUT2D eigenvalue weighted by atomic mass is 10.1. The number of hydrogen-bond donors (Lipinski definition) is 2. The largest absolute Gasteiger partial charge is 0.478 e. The van der Waals surface area contributed by atoms with E-state index in [1.54, 1.807) is 13.8 Å². The molecule has 94 valence electrons. The van der Waals surface area contributed by atoms with Gasteiger partial charge in [-0.05, 0) is 31.5 Å². The molecule has 1 aromatic rings. The molecule has 0 unspecified atom stereocenters. The van der Waals surface area contributed by atoms with Crippen molar-refractivity contribution in [3.63, 3.8) is 0 Å². The smallest absolute Gasteiger partial charge is 0.337 e. The molecule has 0 aliphatic carbocycles. The lowest BCUT2D eigenvalue weighted by molar-refractivity contribution is 0.0698. The second-order valence-corrected chi connectivity index (χ2v) is 6.64. The van der Waals surface area contributed by atoms with Crippen molar-refractivity contribution in [1.29, 1.82) is 0 Å². The van der Waals surface area contributed by atoms with Gasteiger partial charge in [0.15, 0.2) is 9.84 Å². The minimum Gasteiger partial charge on any atom is -0.478 e. The Kier molecular flexibility index (Phi) is 3.77. The highest BCUT2D eigenvalue weighted by atomic mass is 32.2. The van der Waals surface area contributed by atoms with E-state index >= 15 is 0 Å². The molecule has 3 N–H and O–H groups in total. The Labute approximate surface area is 100 Å². The van der Waals surface area contributed by atoms with Crippen molar-refractivity contribution in [2.75, 3.05) is 5.73 Å². The van der Waals surface area contributed by atoms with Gasteiger partial charge in [-0.25, -0.2) is 13.2 Å². The van der Waals surface area contributed by atoms with E-state index in [1.165, 1.54) is 18.2 Å². The number of benzene rings is 1. The lowest BCUT2D eigenvalue weighted by Crippen LogP contribution is -2.16. The Morgan fingerprint density at radius 3 is 2.47 bits per heavy atom. The Hall–Kier alpha value is -1.56. The van der Waals surface area contributed by atoms with Crippen LogP contribution in [0.1, 0.15) is 29.8 Å². The lowest BCUT2D eigenvalue weighted by Gasteiger charge is -2.09. The molecule has 0 radical (unpaired) electrons. The number of anilines is 1. The molecule has 6 heteroatoms. The Morgan fingerprint density at radius 2 is 2.00 bits per heavy atom. The molecule has 1 aromatic carbocycles. The molecule has 0 aliphatic rings. The third-order valence-electron chi connectivity index (χ3n) is 2.43. The zero-order chi connectivity index (χ0) is 13.2. The third kappa shape index (κ3) is 3.20. The van der Waals surface area contributed by atoms with Crippen LogP contribution in [0.15, 0.2) is 18.2 Å². The SMILES string of the molecule is CC(C)S(=O)(=O)Cc1ccc(N)c(C(=O)O)c1. The summed E-state index contributed by atoms with van der Waals surface area (Å²) in [6.07, 6.45) is 0. The summed E-state index contributed by atoms with van der Waals surface area (Å²) in [6.45, 7) is 3.18. The van der Waals surface area contributed by atoms with E-state index in [4.69, 9.17) is 10.8 Å². The van der Waals surface area contributed by atoms with Gasteiger partial charge in [0.05, 0.1) is 16.6 Å². The van der Waals surface area contributed by atoms with Gasteiger partial charge in [-0.15, -0.1) is 0 Å². The standard InChI is InChI=1S/C11H15NO4S/c1-7(2)17(15,16)6-8-3-4-10(12)9(5-8)11(13)14/h3-5,7H,6,12H2,1-2H3,(H,13,14). The minimum atomic E-state index is -3.24. The van der Waals surface area contributed by atoms with Crippen LogP contribution < -0.4 is 5.73 Å². The maximum absolute atomic E-state index is 11.7. The Balaban J connectivity index is 3.10. The van der Waals surface area contributed by atoms with Crippen molar-refractivity contribution in [1.82, 2.24) is 0 Å². The molecule has 0 aromatic heterocycles. The van der Waals surface area contributed by atoms with Crippen LogP contribution in [0.2, 0.25) is 0 Å². The van der Waals surface area contributed by atoms with Crippen LogP contribution in [0.4, 0.5) is 5.69 Å². The maximum Gasteiger partial charge on any atom is 0.337 e. The summed E-state index contributed by atoms with van der Waals surface area (Å²) < 4.78 is 23.4. The highest BCUT2D eigenvalue weighted by Crippen LogP contribution is 2.17. The average Bonchev–Trinajstić information content (AvgIpc) is 2.20. The van der Waals surface area contributed by atoms with E-state index in [-0.39, 0.29) is 17.0 Å². The van der Waals surface area contributed by atoms with Crippen molar-refractivity contribution < 1.29 is 18.3 Å². The number of hydrogen-bond acceptors (Lipinski definition) is 4. The Morgan fingerprint density at radius 1 is 1.41 bits per heavy atom. The van der Waals surface area contributed by atoms with Crippen LogP contribution in [0, 0.1) is 0 Å². The van der Waals surface area contributed by atoms with Crippen molar-refractivity contribution >= 4 is 21.5 Å². The normalized spacial score (nSPS) is 11.7. The molecule has 0 saturated heterocycles. The molecule has 0 saturated carbocycles. The molecular weight excluding hydrogens is 242 g/mol. The van der Waals surface area contributed by atoms with Crippen LogP contribution >= 0.6 is 0 Å². The number of aromatic carboxylic acids is 1. The molecule has 1 rings (SSSR count). The zero-order valence-corrected chi connectivity index (χ0v) is 10.5. The fourth-order valence-corrected chi connectivity index (χ4v) is 2.25. The van der Waals surface area contributed by atoms with E-state index in [9.17, 15) is 13.2 Å². The average molecular weight is 257 g/mol. The molecule has 5 nitrogen and oxygen atoms in total. The first-order valence-electron chi connectivity index (χ1n) is 5.07. The number of carbonyl (C=O) groups is 1. The van der Waals surface area contributed by atoms with E-state index in [1.807, 2.05) is 0 Å². The van der Waals surface area contributed by atoms with Crippen LogP contribution in [0.5, 0.6) is 0 Å². The van der Waals surface area contributed by atoms with Crippen molar-refractivity contribution in [2.45, 2.75) is 24.9 Å². The summed E-state index contributed by atoms with van der Waals surface area (Å²) >= 11 is 0. The maximum atomic E-state index is 11.7. The van der Waals surface area contributed by atoms with E-state index < -0.39 is 21.1 Å². The number of nitrogen functional groups attached to an aromatic ring is 1. The van der Waals surface area contributed by atoms with Gasteiger partial charge in [0, 0.05) is 5.69 Å². The molecule has 0 aliphatic heterocycles. The summed E-state index contributed by atoms with van der Waals surface area (Å²) in [5.41, 5.74) is 5.98. The fraction of sp³-hybridized carbons (Fsp3) is 0.364. The van der Waals surface area contributed by atoms with Crippen molar-refractivity contribution in [2.24, 2.45) is 0 Å². The molecule has 0 amide bonds. The monoisotopic (exact) mass is 257 g/mol. The van der Waals surface area contributed by atoms with E-state index in [2.05, 4.69) is 0 Å². The molecule has 0 atom stereocenters. The fourth-order valence-electron chi connectivity index (χ4n) is 1.28. The summed E-state index contributed by atoms with van der Waals surface area (Å²) in [7, 11) is -3.24. The number of rotatable bonds is 4. The minimum absolute atomic E-state index is 0.0681. The van der Waals surface area contributed by atoms with Gasteiger partial charge in [0.25, 0.3) is 0 Å². The second-order valence-electron chi connectivity index (χ2n) is 4.08. The number of carboxylic acids is 1. The van der Waals surface area contributed by atoms with Crippen LogP contribution in [0.25, 0.3) is 0 Å². The number of carboxylic acid groups (broad SMARTS) is 1.